The normalized spacial score (nSPS) is 12.5. The van der Waals surface area contributed by atoms with Crippen LogP contribution in [-0.4, -0.2) is 12.2 Å². The van der Waals surface area contributed by atoms with E-state index in [4.69, 9.17) is 4.74 Å². The second-order valence-electron chi connectivity index (χ2n) is 4.58. The molecule has 0 fully saturated rings. The van der Waals surface area contributed by atoms with Gasteiger partial charge in [-0.3, -0.25) is 0 Å². The minimum absolute atomic E-state index is 0.447. The third-order valence-corrected chi connectivity index (χ3v) is 5.03. The van der Waals surface area contributed by atoms with Gasteiger partial charge < -0.3 is 9.84 Å². The first kappa shape index (κ1) is 14.6. The highest BCUT2D eigenvalue weighted by Crippen LogP contribution is 2.31. The van der Waals surface area contributed by atoms with Crippen molar-refractivity contribution in [2.24, 2.45) is 0 Å². The lowest BCUT2D eigenvalue weighted by molar-refractivity contribution is 0.182. The highest BCUT2D eigenvalue weighted by Gasteiger charge is 2.13. The number of hydrogen-bond acceptors (Lipinski definition) is 3. The van der Waals surface area contributed by atoms with E-state index in [0.29, 0.717) is 6.42 Å². The van der Waals surface area contributed by atoms with Gasteiger partial charge in [0.25, 0.3) is 0 Å². The number of aliphatic hydroxyl groups is 1. The summed E-state index contributed by atoms with van der Waals surface area (Å²) in [5, 5.41) is 10.3. The number of halogens is 1. The second-order valence-corrected chi connectivity index (χ2v) is 6.72. The number of aryl methyl sites for hydroxylation is 2. The summed E-state index contributed by atoms with van der Waals surface area (Å²) in [4.78, 5) is 2.30. The smallest absolute Gasteiger partial charge is 0.133 e. The quantitative estimate of drug-likeness (QED) is 0.892. The molecule has 0 spiro atoms. The van der Waals surface area contributed by atoms with Gasteiger partial charge in [0.05, 0.1) is 17.7 Å². The van der Waals surface area contributed by atoms with Crippen molar-refractivity contribution in [3.8, 4) is 5.75 Å². The van der Waals surface area contributed by atoms with Gasteiger partial charge in [0.2, 0.25) is 0 Å². The lowest BCUT2D eigenvalue weighted by Gasteiger charge is -2.10. The van der Waals surface area contributed by atoms with Gasteiger partial charge in [0, 0.05) is 16.2 Å². The molecule has 0 aliphatic rings. The summed E-state index contributed by atoms with van der Waals surface area (Å²) in [7, 11) is 1.64. The molecule has 2 rings (SSSR count). The molecule has 0 amide bonds. The van der Waals surface area contributed by atoms with E-state index in [9.17, 15) is 5.11 Å². The lowest BCUT2D eigenvalue weighted by Crippen LogP contribution is -2.00. The van der Waals surface area contributed by atoms with Crippen LogP contribution >= 0.6 is 27.3 Å². The summed E-state index contributed by atoms with van der Waals surface area (Å²) in [6, 6.07) is 7.97. The van der Waals surface area contributed by atoms with Crippen LogP contribution in [0.2, 0.25) is 0 Å². The molecule has 1 N–H and O–H groups in total. The van der Waals surface area contributed by atoms with Crippen molar-refractivity contribution in [1.29, 1.82) is 0 Å². The average Bonchev–Trinajstić information content (AvgIpc) is 2.70. The number of thiophene rings is 1. The topological polar surface area (TPSA) is 29.5 Å². The molecule has 2 nitrogen and oxygen atoms in total. The number of methoxy groups -OCH3 is 1. The molecule has 1 aromatic heterocycles. The molecule has 0 aliphatic carbocycles. The highest BCUT2D eigenvalue weighted by atomic mass is 79.9. The zero-order valence-electron chi connectivity index (χ0n) is 11.2. The molecule has 1 unspecified atom stereocenters. The van der Waals surface area contributed by atoms with Crippen LogP contribution in [0.5, 0.6) is 5.75 Å². The second kappa shape index (κ2) is 6.07. The van der Waals surface area contributed by atoms with E-state index >= 15 is 0 Å². The predicted molar refractivity (Wildman–Crippen MR) is 83.2 cm³/mol. The first-order chi connectivity index (χ1) is 9.01. The monoisotopic (exact) mass is 340 g/mol. The van der Waals surface area contributed by atoms with E-state index in [-0.39, 0.29) is 0 Å². The lowest BCUT2D eigenvalue weighted by atomic mass is 10.1. The van der Waals surface area contributed by atoms with E-state index in [1.165, 1.54) is 10.4 Å². The van der Waals surface area contributed by atoms with E-state index in [1.807, 2.05) is 18.2 Å². The zero-order valence-corrected chi connectivity index (χ0v) is 13.6. The van der Waals surface area contributed by atoms with E-state index < -0.39 is 6.10 Å². The van der Waals surface area contributed by atoms with Gasteiger partial charge in [-0.05, 0) is 59.1 Å². The molecule has 0 radical (unpaired) electrons. The van der Waals surface area contributed by atoms with Gasteiger partial charge in [-0.1, -0.05) is 6.07 Å². The summed E-state index contributed by atoms with van der Waals surface area (Å²) in [6.45, 7) is 4.16. The van der Waals surface area contributed by atoms with Crippen molar-refractivity contribution < 1.29 is 9.84 Å². The third kappa shape index (κ3) is 3.38. The fourth-order valence-electron chi connectivity index (χ4n) is 1.93. The van der Waals surface area contributed by atoms with Crippen molar-refractivity contribution in [1.82, 2.24) is 0 Å². The molecule has 19 heavy (non-hydrogen) atoms. The standard InChI is InChI=1S/C15H17BrO2S/c1-9-6-15(19-10(9)2)13(17)8-11-4-5-14(18-3)12(16)7-11/h4-7,13,17H,8H2,1-3H3. The molecule has 0 saturated carbocycles. The number of hydrogen-bond donors (Lipinski definition) is 1. The van der Waals surface area contributed by atoms with Gasteiger partial charge in [-0.15, -0.1) is 11.3 Å². The molecule has 1 heterocycles. The number of benzene rings is 1. The SMILES string of the molecule is COc1ccc(CC(O)c2cc(C)c(C)s2)cc1Br. The third-order valence-electron chi connectivity index (χ3n) is 3.16. The number of ether oxygens (including phenoxy) is 1. The summed E-state index contributed by atoms with van der Waals surface area (Å²) in [6.07, 6.45) is 0.167. The summed E-state index contributed by atoms with van der Waals surface area (Å²) >= 11 is 5.13. The minimum Gasteiger partial charge on any atom is -0.496 e. The Balaban J connectivity index is 2.14. The van der Waals surface area contributed by atoms with Gasteiger partial charge in [0.1, 0.15) is 5.75 Å². The van der Waals surface area contributed by atoms with Gasteiger partial charge in [-0.2, -0.15) is 0 Å². The molecule has 0 bridgehead atoms. The largest absolute Gasteiger partial charge is 0.496 e. The zero-order chi connectivity index (χ0) is 14.0. The Kier molecular flexibility index (Phi) is 4.66. The summed E-state index contributed by atoms with van der Waals surface area (Å²) in [5.41, 5.74) is 2.33. The molecule has 1 aromatic carbocycles. The van der Waals surface area contributed by atoms with Crippen LogP contribution in [-0.2, 0) is 6.42 Å². The fraction of sp³-hybridized carbons (Fsp3) is 0.333. The molecule has 4 heteroatoms. The van der Waals surface area contributed by atoms with Gasteiger partial charge in [0.15, 0.2) is 0 Å². The molecule has 2 aromatic rings. The summed E-state index contributed by atoms with van der Waals surface area (Å²) < 4.78 is 6.12. The van der Waals surface area contributed by atoms with Crippen LogP contribution in [0.25, 0.3) is 0 Å². The highest BCUT2D eigenvalue weighted by molar-refractivity contribution is 9.10. The molecule has 102 valence electrons. The van der Waals surface area contributed by atoms with Crippen molar-refractivity contribution in [2.45, 2.75) is 26.4 Å². The van der Waals surface area contributed by atoms with Crippen LogP contribution < -0.4 is 4.74 Å². The Labute approximate surface area is 126 Å². The Hall–Kier alpha value is -0.840. The number of aliphatic hydroxyl groups excluding tert-OH is 1. The minimum atomic E-state index is -0.447. The van der Waals surface area contributed by atoms with Crippen LogP contribution in [0, 0.1) is 13.8 Å². The van der Waals surface area contributed by atoms with Crippen LogP contribution in [0.15, 0.2) is 28.7 Å². The Morgan fingerprint density at radius 3 is 2.58 bits per heavy atom. The van der Waals surface area contributed by atoms with Crippen LogP contribution in [0.4, 0.5) is 0 Å². The van der Waals surface area contributed by atoms with Gasteiger partial charge >= 0.3 is 0 Å². The number of rotatable bonds is 4. The Morgan fingerprint density at radius 2 is 2.05 bits per heavy atom. The van der Waals surface area contributed by atoms with Crippen LogP contribution in [0.1, 0.15) is 27.0 Å². The molecule has 0 saturated heterocycles. The van der Waals surface area contributed by atoms with Crippen molar-refractivity contribution >= 4 is 27.3 Å². The van der Waals surface area contributed by atoms with Crippen LogP contribution in [0.3, 0.4) is 0 Å². The maximum atomic E-state index is 10.3. The van der Waals surface area contributed by atoms with Crippen molar-refractivity contribution in [3.05, 3.63) is 49.6 Å². The fourth-order valence-corrected chi connectivity index (χ4v) is 3.54. The maximum absolute atomic E-state index is 10.3. The van der Waals surface area contributed by atoms with Crippen molar-refractivity contribution in [2.75, 3.05) is 7.11 Å². The van der Waals surface area contributed by atoms with E-state index in [2.05, 4.69) is 35.8 Å². The molecular formula is C15H17BrO2S. The Bertz CT molecular complexity index is 558. The molecule has 1 atom stereocenters. The first-order valence-corrected chi connectivity index (χ1v) is 7.69. The molecule has 0 aliphatic heterocycles. The van der Waals surface area contributed by atoms with E-state index in [0.717, 1.165) is 20.7 Å². The Morgan fingerprint density at radius 1 is 1.32 bits per heavy atom. The average molecular weight is 341 g/mol. The first-order valence-electron chi connectivity index (χ1n) is 6.08. The summed E-state index contributed by atoms with van der Waals surface area (Å²) in [5.74, 6) is 0.807. The van der Waals surface area contributed by atoms with Gasteiger partial charge in [-0.25, -0.2) is 0 Å². The molecular weight excluding hydrogens is 324 g/mol. The van der Waals surface area contributed by atoms with Crippen molar-refractivity contribution in [3.63, 3.8) is 0 Å². The van der Waals surface area contributed by atoms with E-state index in [1.54, 1.807) is 18.4 Å². The maximum Gasteiger partial charge on any atom is 0.133 e. The predicted octanol–water partition coefficient (Wildman–Crippen LogP) is 4.41.